The Labute approximate surface area is 160 Å². The van der Waals surface area contributed by atoms with Gasteiger partial charge in [0.15, 0.2) is 6.61 Å². The molecule has 0 aliphatic heterocycles. The Kier molecular flexibility index (Phi) is 5.23. The molecule has 3 saturated carbocycles. The molecule has 7 nitrogen and oxygen atoms in total. The molecule has 0 heterocycles. The summed E-state index contributed by atoms with van der Waals surface area (Å²) in [4.78, 5) is 23.3. The van der Waals surface area contributed by atoms with Crippen LogP contribution in [0.3, 0.4) is 0 Å². The van der Waals surface area contributed by atoms with Crippen molar-refractivity contribution in [3.63, 3.8) is 0 Å². The summed E-state index contributed by atoms with van der Waals surface area (Å²) in [5.74, 6) is 0.0697. The molecule has 1 aromatic rings. The van der Waals surface area contributed by atoms with Gasteiger partial charge in [-0.05, 0) is 44.2 Å². The number of amides is 2. The molecular weight excluding hydrogens is 383 g/mol. The lowest BCUT2D eigenvalue weighted by molar-refractivity contribution is -0.132. The molecule has 4 rings (SSSR count). The minimum absolute atomic E-state index is 0.217. The van der Waals surface area contributed by atoms with E-state index in [1.54, 1.807) is 12.1 Å². The molecule has 3 aliphatic rings. The summed E-state index contributed by atoms with van der Waals surface area (Å²) in [6.45, 7) is -0.217. The van der Waals surface area contributed by atoms with Crippen molar-refractivity contribution in [2.24, 2.45) is 0 Å². The van der Waals surface area contributed by atoms with Crippen LogP contribution in [0.1, 0.15) is 32.1 Å². The number of hydrogen-bond donors (Lipinski definition) is 4. The van der Waals surface area contributed by atoms with Crippen molar-refractivity contribution >= 4 is 35.2 Å². The number of carbonyl (C=O) groups excluding carboxylic acids is 1. The molecule has 2 bridgehead atoms. The highest BCUT2D eigenvalue weighted by molar-refractivity contribution is 6.42. The molecular formula is C17H20Cl2N2O5. The fourth-order valence-corrected chi connectivity index (χ4v) is 4.21. The molecule has 4 N–H and O–H groups in total. The van der Waals surface area contributed by atoms with Crippen LogP contribution in [0.2, 0.25) is 10.0 Å². The number of aliphatic hydroxyl groups is 1. The number of nitrogens with one attached hydrogen (secondary N) is 2. The maximum absolute atomic E-state index is 12.3. The highest BCUT2D eigenvalue weighted by Crippen LogP contribution is 2.47. The van der Waals surface area contributed by atoms with E-state index in [2.05, 4.69) is 10.6 Å². The molecule has 0 spiro atoms. The van der Waals surface area contributed by atoms with Crippen molar-refractivity contribution < 1.29 is 24.5 Å². The lowest BCUT2D eigenvalue weighted by Crippen LogP contribution is -2.70. The average molecular weight is 403 g/mol. The van der Waals surface area contributed by atoms with Gasteiger partial charge in [-0.25, -0.2) is 4.79 Å². The van der Waals surface area contributed by atoms with Crippen molar-refractivity contribution in [3.8, 4) is 5.75 Å². The fraction of sp³-hybridized carbons (Fsp3) is 0.529. The van der Waals surface area contributed by atoms with Crippen LogP contribution in [-0.2, 0) is 4.79 Å². The van der Waals surface area contributed by atoms with Gasteiger partial charge < -0.3 is 25.6 Å². The Morgan fingerprint density at radius 2 is 1.85 bits per heavy atom. The van der Waals surface area contributed by atoms with Crippen LogP contribution >= 0.6 is 23.2 Å². The van der Waals surface area contributed by atoms with Gasteiger partial charge in [-0.1, -0.05) is 23.2 Å². The third-order valence-corrected chi connectivity index (χ3v) is 6.08. The average Bonchev–Trinajstić information content (AvgIpc) is 2.57. The van der Waals surface area contributed by atoms with Crippen LogP contribution in [0.25, 0.3) is 0 Å². The van der Waals surface area contributed by atoms with Gasteiger partial charge in [0.1, 0.15) is 5.75 Å². The zero-order chi connectivity index (χ0) is 18.9. The monoisotopic (exact) mass is 402 g/mol. The molecule has 3 fully saturated rings. The summed E-state index contributed by atoms with van der Waals surface area (Å²) in [6, 6.07) is 4.72. The SMILES string of the molecule is O=C(O)NC12CCC(NC(=O)COc3ccc(Cl)c(Cl)c3)(CC1)C(O)C2. The second-order valence-electron chi connectivity index (χ2n) is 7.00. The van der Waals surface area contributed by atoms with Crippen LogP contribution < -0.4 is 15.4 Å². The molecule has 3 aliphatic carbocycles. The summed E-state index contributed by atoms with van der Waals surface area (Å²) >= 11 is 11.7. The van der Waals surface area contributed by atoms with Gasteiger partial charge in [0, 0.05) is 11.6 Å². The van der Waals surface area contributed by atoms with Crippen molar-refractivity contribution in [1.82, 2.24) is 10.6 Å². The van der Waals surface area contributed by atoms with E-state index in [0.29, 0.717) is 41.5 Å². The smallest absolute Gasteiger partial charge is 0.405 e. The van der Waals surface area contributed by atoms with Crippen LogP contribution in [0, 0.1) is 0 Å². The number of carbonyl (C=O) groups is 2. The van der Waals surface area contributed by atoms with Gasteiger partial charge in [-0.2, -0.15) is 0 Å². The van der Waals surface area contributed by atoms with Gasteiger partial charge in [0.25, 0.3) is 5.91 Å². The van der Waals surface area contributed by atoms with Gasteiger partial charge in [0.2, 0.25) is 0 Å². The van der Waals surface area contributed by atoms with Gasteiger partial charge in [-0.3, -0.25) is 4.79 Å². The number of hydrogen-bond acceptors (Lipinski definition) is 4. The number of halogens is 2. The normalized spacial score (nSPS) is 29.9. The Balaban J connectivity index is 1.58. The molecule has 1 unspecified atom stereocenters. The molecule has 0 aromatic heterocycles. The lowest BCUT2D eigenvalue weighted by atomic mass is 9.60. The predicted molar refractivity (Wildman–Crippen MR) is 95.8 cm³/mol. The standard InChI is InChI=1S/C17H20Cl2N2O5/c18-11-2-1-10(7-12(11)19)26-9-14(23)20-17-5-3-16(4-6-17,8-13(17)22)21-15(24)25/h1-2,7,13,21-22H,3-6,8-9H2,(H,20,23)(H,24,25). The number of aliphatic hydroxyl groups excluding tert-OH is 1. The molecule has 9 heteroatoms. The van der Waals surface area contributed by atoms with Crippen LogP contribution in [0.5, 0.6) is 5.75 Å². The van der Waals surface area contributed by atoms with E-state index in [0.717, 1.165) is 0 Å². The van der Waals surface area contributed by atoms with E-state index >= 15 is 0 Å². The minimum atomic E-state index is -1.09. The number of fused-ring (bicyclic) bond motifs is 3. The van der Waals surface area contributed by atoms with E-state index in [1.807, 2.05) is 0 Å². The molecule has 0 saturated heterocycles. The number of ether oxygens (including phenoxy) is 1. The predicted octanol–water partition coefficient (Wildman–Crippen LogP) is 2.57. The van der Waals surface area contributed by atoms with Gasteiger partial charge >= 0.3 is 6.09 Å². The third-order valence-electron chi connectivity index (χ3n) is 5.34. The van der Waals surface area contributed by atoms with Crippen LogP contribution in [0.15, 0.2) is 18.2 Å². The lowest BCUT2D eigenvalue weighted by Gasteiger charge is -2.55. The summed E-state index contributed by atoms with van der Waals surface area (Å²) in [5.41, 5.74) is -1.34. The van der Waals surface area contributed by atoms with E-state index in [1.165, 1.54) is 6.07 Å². The Morgan fingerprint density at radius 1 is 1.15 bits per heavy atom. The topological polar surface area (TPSA) is 108 Å². The molecule has 26 heavy (non-hydrogen) atoms. The van der Waals surface area contributed by atoms with Crippen molar-refractivity contribution in [2.45, 2.75) is 49.3 Å². The summed E-state index contributed by atoms with van der Waals surface area (Å²) in [5, 5.41) is 25.7. The highest BCUT2D eigenvalue weighted by atomic mass is 35.5. The fourth-order valence-electron chi connectivity index (χ4n) is 3.92. The van der Waals surface area contributed by atoms with Gasteiger partial charge in [-0.15, -0.1) is 0 Å². The van der Waals surface area contributed by atoms with E-state index in [9.17, 15) is 14.7 Å². The Hall–Kier alpha value is -1.70. The summed E-state index contributed by atoms with van der Waals surface area (Å²) in [6.07, 6.45) is 0.540. The molecule has 2 amide bonds. The van der Waals surface area contributed by atoms with Crippen molar-refractivity contribution in [1.29, 1.82) is 0 Å². The number of carboxylic acid groups (broad SMARTS) is 1. The quantitative estimate of drug-likeness (QED) is 0.605. The first-order valence-electron chi connectivity index (χ1n) is 8.32. The highest BCUT2D eigenvalue weighted by Gasteiger charge is 2.55. The summed E-state index contributed by atoms with van der Waals surface area (Å²) in [7, 11) is 0. The minimum Gasteiger partial charge on any atom is -0.484 e. The molecule has 1 atom stereocenters. The Bertz CT molecular complexity index is 719. The third kappa shape index (κ3) is 3.84. The summed E-state index contributed by atoms with van der Waals surface area (Å²) < 4.78 is 5.43. The zero-order valence-corrected chi connectivity index (χ0v) is 15.4. The van der Waals surface area contributed by atoms with E-state index < -0.39 is 23.3 Å². The molecule has 142 valence electrons. The first kappa shape index (κ1) is 19.1. The van der Waals surface area contributed by atoms with E-state index in [4.69, 9.17) is 33.0 Å². The first-order chi connectivity index (χ1) is 12.2. The number of benzene rings is 1. The zero-order valence-electron chi connectivity index (χ0n) is 13.9. The maximum atomic E-state index is 12.3. The second-order valence-corrected chi connectivity index (χ2v) is 7.81. The Morgan fingerprint density at radius 3 is 2.42 bits per heavy atom. The van der Waals surface area contributed by atoms with Crippen LogP contribution in [0.4, 0.5) is 4.79 Å². The molecule has 0 radical (unpaired) electrons. The second kappa shape index (κ2) is 7.13. The van der Waals surface area contributed by atoms with Crippen molar-refractivity contribution in [3.05, 3.63) is 28.2 Å². The largest absolute Gasteiger partial charge is 0.484 e. The van der Waals surface area contributed by atoms with E-state index in [-0.39, 0.29) is 18.9 Å². The van der Waals surface area contributed by atoms with Crippen molar-refractivity contribution in [2.75, 3.05) is 6.61 Å². The first-order valence-corrected chi connectivity index (χ1v) is 9.07. The maximum Gasteiger partial charge on any atom is 0.405 e. The van der Waals surface area contributed by atoms with Crippen LogP contribution in [-0.4, -0.2) is 46.0 Å². The number of rotatable bonds is 5. The van der Waals surface area contributed by atoms with Gasteiger partial charge in [0.05, 0.1) is 21.7 Å². The molecule has 1 aromatic carbocycles.